The molecule has 2 aliphatic rings. The summed E-state index contributed by atoms with van der Waals surface area (Å²) in [4.78, 5) is 32.5. The SMILES string of the molecule is Cc1cccc(C2c3cc(OCc4nc(C(=O)NCc5ccco5)co4)ccc3CCN2C(=O)C2CCCC2)c1. The Kier molecular flexibility index (Phi) is 7.40. The molecule has 8 heteroatoms. The maximum atomic E-state index is 13.7. The van der Waals surface area contributed by atoms with Crippen LogP contribution in [-0.4, -0.2) is 28.2 Å². The van der Waals surface area contributed by atoms with Gasteiger partial charge in [-0.25, -0.2) is 4.98 Å². The number of ether oxygens (including phenoxy) is 1. The van der Waals surface area contributed by atoms with Gasteiger partial charge in [-0.05, 0) is 67.1 Å². The molecule has 0 saturated heterocycles. The number of nitrogens with zero attached hydrogens (tertiary/aromatic N) is 2. The van der Waals surface area contributed by atoms with E-state index in [1.807, 2.05) is 12.1 Å². The molecule has 1 N–H and O–H groups in total. The highest BCUT2D eigenvalue weighted by molar-refractivity contribution is 5.91. The molecule has 1 aliphatic heterocycles. The molecule has 3 heterocycles. The average Bonchev–Trinajstić information content (AvgIpc) is 3.77. The molecule has 206 valence electrons. The smallest absolute Gasteiger partial charge is 0.273 e. The number of carbonyl (C=O) groups is 2. The van der Waals surface area contributed by atoms with Crippen molar-refractivity contribution < 1.29 is 23.2 Å². The number of aryl methyl sites for hydroxylation is 1. The third-order valence-electron chi connectivity index (χ3n) is 7.84. The van der Waals surface area contributed by atoms with Gasteiger partial charge >= 0.3 is 0 Å². The molecule has 1 unspecified atom stereocenters. The predicted octanol–water partition coefficient (Wildman–Crippen LogP) is 5.75. The molecule has 1 fully saturated rings. The van der Waals surface area contributed by atoms with Crippen LogP contribution in [0, 0.1) is 12.8 Å². The number of furan rings is 1. The number of fused-ring (bicyclic) bond motifs is 1. The zero-order valence-electron chi connectivity index (χ0n) is 22.6. The summed E-state index contributed by atoms with van der Waals surface area (Å²) in [7, 11) is 0. The largest absolute Gasteiger partial charge is 0.484 e. The van der Waals surface area contributed by atoms with Gasteiger partial charge in [-0.15, -0.1) is 0 Å². The molecule has 6 rings (SSSR count). The van der Waals surface area contributed by atoms with Crippen LogP contribution in [0.5, 0.6) is 5.75 Å². The van der Waals surface area contributed by atoms with Gasteiger partial charge in [0.15, 0.2) is 12.3 Å². The Labute approximate surface area is 233 Å². The third kappa shape index (κ3) is 5.52. The summed E-state index contributed by atoms with van der Waals surface area (Å²) in [6, 6.07) is 17.9. The maximum Gasteiger partial charge on any atom is 0.273 e. The summed E-state index contributed by atoms with van der Waals surface area (Å²) in [5.41, 5.74) is 4.77. The van der Waals surface area contributed by atoms with E-state index in [0.717, 1.165) is 48.8 Å². The number of rotatable bonds is 8. The number of nitrogens with one attached hydrogen (secondary N) is 1. The van der Waals surface area contributed by atoms with Crippen molar-refractivity contribution in [3.8, 4) is 5.75 Å². The second-order valence-electron chi connectivity index (χ2n) is 10.6. The van der Waals surface area contributed by atoms with Crippen molar-refractivity contribution in [3.63, 3.8) is 0 Å². The lowest BCUT2D eigenvalue weighted by Crippen LogP contribution is -2.43. The number of amides is 2. The van der Waals surface area contributed by atoms with E-state index < -0.39 is 0 Å². The van der Waals surface area contributed by atoms with Crippen LogP contribution in [0.4, 0.5) is 0 Å². The van der Waals surface area contributed by atoms with Crippen molar-refractivity contribution in [2.24, 2.45) is 5.92 Å². The molecule has 8 nitrogen and oxygen atoms in total. The molecule has 2 amide bonds. The van der Waals surface area contributed by atoms with Crippen LogP contribution in [0.25, 0.3) is 0 Å². The second-order valence-corrected chi connectivity index (χ2v) is 10.6. The van der Waals surface area contributed by atoms with E-state index in [0.29, 0.717) is 23.9 Å². The molecule has 0 spiro atoms. The van der Waals surface area contributed by atoms with Gasteiger partial charge < -0.3 is 23.8 Å². The highest BCUT2D eigenvalue weighted by Gasteiger charge is 2.36. The van der Waals surface area contributed by atoms with Gasteiger partial charge in [0.25, 0.3) is 5.91 Å². The van der Waals surface area contributed by atoms with Gasteiger partial charge in [-0.1, -0.05) is 48.7 Å². The minimum atomic E-state index is -0.354. The van der Waals surface area contributed by atoms with Crippen molar-refractivity contribution in [1.29, 1.82) is 0 Å². The fourth-order valence-electron chi connectivity index (χ4n) is 5.82. The van der Waals surface area contributed by atoms with E-state index in [1.165, 1.54) is 11.8 Å². The van der Waals surface area contributed by atoms with E-state index in [9.17, 15) is 9.59 Å². The molecule has 1 aliphatic carbocycles. The first-order chi connectivity index (χ1) is 19.5. The normalized spacial score (nSPS) is 17.0. The fourth-order valence-corrected chi connectivity index (χ4v) is 5.82. The lowest BCUT2D eigenvalue weighted by Gasteiger charge is -2.39. The highest BCUT2D eigenvalue weighted by atomic mass is 16.5. The maximum absolute atomic E-state index is 13.7. The summed E-state index contributed by atoms with van der Waals surface area (Å²) >= 11 is 0. The Morgan fingerprint density at radius 1 is 1.07 bits per heavy atom. The molecule has 0 bridgehead atoms. The number of hydrogen-bond acceptors (Lipinski definition) is 6. The molecular formula is C32H33N3O5. The van der Waals surface area contributed by atoms with Gasteiger partial charge in [0, 0.05) is 12.5 Å². The number of benzene rings is 2. The van der Waals surface area contributed by atoms with Gasteiger partial charge in [0.1, 0.15) is 17.8 Å². The van der Waals surface area contributed by atoms with E-state index in [-0.39, 0.29) is 42.6 Å². The van der Waals surface area contributed by atoms with Crippen LogP contribution in [0.3, 0.4) is 0 Å². The van der Waals surface area contributed by atoms with Crippen molar-refractivity contribution >= 4 is 11.8 Å². The summed E-state index contributed by atoms with van der Waals surface area (Å²) in [6.45, 7) is 3.13. The lowest BCUT2D eigenvalue weighted by atomic mass is 9.86. The Balaban J connectivity index is 1.19. The number of aromatic nitrogens is 1. The predicted molar refractivity (Wildman–Crippen MR) is 148 cm³/mol. The Morgan fingerprint density at radius 2 is 1.95 bits per heavy atom. The highest BCUT2D eigenvalue weighted by Crippen LogP contribution is 2.40. The quantitative estimate of drug-likeness (QED) is 0.306. The zero-order chi connectivity index (χ0) is 27.5. The summed E-state index contributed by atoms with van der Waals surface area (Å²) < 4.78 is 16.8. The van der Waals surface area contributed by atoms with Crippen molar-refractivity contribution in [2.75, 3.05) is 6.54 Å². The van der Waals surface area contributed by atoms with Crippen LogP contribution in [0.2, 0.25) is 0 Å². The zero-order valence-corrected chi connectivity index (χ0v) is 22.6. The molecular weight excluding hydrogens is 506 g/mol. The Bertz CT molecular complexity index is 1490. The van der Waals surface area contributed by atoms with Crippen molar-refractivity contribution in [1.82, 2.24) is 15.2 Å². The fraction of sp³-hybridized carbons (Fsp3) is 0.344. The second kappa shape index (κ2) is 11.4. The van der Waals surface area contributed by atoms with E-state index in [4.69, 9.17) is 13.6 Å². The number of hydrogen-bond donors (Lipinski definition) is 1. The topological polar surface area (TPSA) is 97.8 Å². The Morgan fingerprint density at radius 3 is 2.75 bits per heavy atom. The first kappa shape index (κ1) is 25.9. The standard InChI is InChI=1S/C32H33N3O5/c1-21-6-4-9-24(16-21)30-27-17-25(12-11-22(27)13-14-35(30)32(37)23-7-2-3-8-23)39-20-29-34-28(19-40-29)31(36)33-18-26-10-5-15-38-26/h4-6,9-12,15-17,19,23,30H,2-3,7-8,13-14,18,20H2,1H3,(H,33,36). The minimum absolute atomic E-state index is 0.0735. The number of oxazole rings is 1. The first-order valence-electron chi connectivity index (χ1n) is 13.9. The molecule has 1 saturated carbocycles. The summed E-state index contributed by atoms with van der Waals surface area (Å²) in [5.74, 6) is 1.64. The van der Waals surface area contributed by atoms with Gasteiger partial charge in [-0.2, -0.15) is 0 Å². The van der Waals surface area contributed by atoms with E-state index in [2.05, 4.69) is 52.5 Å². The van der Waals surface area contributed by atoms with Gasteiger partial charge in [0.05, 0.1) is 18.8 Å². The Hall–Kier alpha value is -4.33. The first-order valence-corrected chi connectivity index (χ1v) is 13.9. The van der Waals surface area contributed by atoms with E-state index >= 15 is 0 Å². The lowest BCUT2D eigenvalue weighted by molar-refractivity contribution is -0.137. The van der Waals surface area contributed by atoms with E-state index in [1.54, 1.807) is 18.4 Å². The monoisotopic (exact) mass is 539 g/mol. The molecule has 2 aromatic heterocycles. The van der Waals surface area contributed by atoms with Crippen LogP contribution < -0.4 is 10.1 Å². The van der Waals surface area contributed by atoms with Crippen LogP contribution in [-0.2, 0) is 24.4 Å². The van der Waals surface area contributed by atoms with Crippen molar-refractivity contribution in [2.45, 2.75) is 58.2 Å². The summed E-state index contributed by atoms with van der Waals surface area (Å²) in [6.07, 6.45) is 7.90. The molecule has 40 heavy (non-hydrogen) atoms. The third-order valence-corrected chi connectivity index (χ3v) is 7.84. The summed E-state index contributed by atoms with van der Waals surface area (Å²) in [5, 5.41) is 2.75. The van der Waals surface area contributed by atoms with Crippen LogP contribution in [0.15, 0.2) is 76.0 Å². The average molecular weight is 540 g/mol. The minimum Gasteiger partial charge on any atom is -0.484 e. The van der Waals surface area contributed by atoms with Crippen LogP contribution >= 0.6 is 0 Å². The molecule has 2 aromatic carbocycles. The van der Waals surface area contributed by atoms with Gasteiger partial charge in [0.2, 0.25) is 11.8 Å². The molecule has 4 aromatic rings. The van der Waals surface area contributed by atoms with Crippen LogP contribution in [0.1, 0.15) is 76.1 Å². The van der Waals surface area contributed by atoms with Gasteiger partial charge in [-0.3, -0.25) is 9.59 Å². The molecule has 1 atom stereocenters. The number of carbonyl (C=O) groups excluding carboxylic acids is 2. The molecule has 0 radical (unpaired) electrons. The van der Waals surface area contributed by atoms with Crippen molar-refractivity contribution in [3.05, 3.63) is 107 Å².